The van der Waals surface area contributed by atoms with Crippen molar-refractivity contribution in [2.24, 2.45) is 20.5 Å². The van der Waals surface area contributed by atoms with Crippen molar-refractivity contribution in [1.29, 1.82) is 0 Å². The monoisotopic (exact) mass is 745 g/mol. The minimum Gasteiger partial charge on any atom is -0.505 e. The fraction of sp³-hybridized carbons (Fsp3) is 0.0417. The van der Waals surface area contributed by atoms with Crippen molar-refractivity contribution in [3.05, 3.63) is 54.6 Å². The Hall–Kier alpha value is -4.63. The Kier molecular flexibility index (Phi) is 10.4. The number of phenolic OH excluding ortho intramolecular Hbond substituents is 2. The predicted octanol–water partition coefficient (Wildman–Crippen LogP) is 5.21. The summed E-state index contributed by atoms with van der Waals surface area (Å²) in [6, 6.07) is 8.87. The third kappa shape index (κ3) is 8.26. The summed E-state index contributed by atoms with van der Waals surface area (Å²) in [5, 5.41) is 50.8. The first-order valence-corrected chi connectivity index (χ1v) is 17.4. The highest BCUT2D eigenvalue weighted by atomic mass is 32.2. The molecular weight excluding hydrogens is 727 g/mol. The number of amides is 1. The molecule has 0 unspecified atom stereocenters. The summed E-state index contributed by atoms with van der Waals surface area (Å²) >= 11 is 0.167. The van der Waals surface area contributed by atoms with Crippen LogP contribution in [0.3, 0.4) is 0 Å². The quantitative estimate of drug-likeness (QED) is 0.0340. The molecule has 0 saturated carbocycles. The second kappa shape index (κ2) is 13.8. The van der Waals surface area contributed by atoms with E-state index >= 15 is 0 Å². The second-order valence-electron chi connectivity index (χ2n) is 9.15. The molecule has 4 aromatic rings. The molecule has 254 valence electrons. The van der Waals surface area contributed by atoms with Crippen LogP contribution in [-0.2, 0) is 44.5 Å². The van der Waals surface area contributed by atoms with Crippen LogP contribution in [0.1, 0.15) is 6.92 Å². The lowest BCUT2D eigenvalue weighted by molar-refractivity contribution is -0.432. The SMILES string of the molecule is CC(=O)Nc1ccc(N=Nc2c(SOOO)cc3cc(S(=O)(=O)O)c(N=Nc4ccc(S(=O)(=O)O)cc4)c(O)c3c2O)c(S(=O)(=O)O)c1. The van der Waals surface area contributed by atoms with E-state index in [0.29, 0.717) is 0 Å². The van der Waals surface area contributed by atoms with Crippen molar-refractivity contribution < 1.29 is 68.5 Å². The Balaban J connectivity index is 1.94. The minimum absolute atomic E-state index is 0.0389. The van der Waals surface area contributed by atoms with Gasteiger partial charge in [0.1, 0.15) is 26.9 Å². The van der Waals surface area contributed by atoms with Crippen LogP contribution in [0.15, 0.2) is 94.6 Å². The highest BCUT2D eigenvalue weighted by molar-refractivity contribution is 7.94. The summed E-state index contributed by atoms with van der Waals surface area (Å²) in [6.07, 6.45) is 0. The Labute approximate surface area is 273 Å². The summed E-state index contributed by atoms with van der Waals surface area (Å²) in [5.41, 5.74) is -2.20. The zero-order chi connectivity index (χ0) is 35.6. The van der Waals surface area contributed by atoms with E-state index in [1.54, 1.807) is 0 Å². The summed E-state index contributed by atoms with van der Waals surface area (Å²) in [5.74, 6) is -2.64. The number of hydrogen-bond donors (Lipinski definition) is 7. The molecule has 0 atom stereocenters. The van der Waals surface area contributed by atoms with Crippen LogP contribution in [0.4, 0.5) is 28.4 Å². The lowest BCUT2D eigenvalue weighted by Gasteiger charge is -2.13. The number of fused-ring (bicyclic) bond motifs is 1. The van der Waals surface area contributed by atoms with Crippen LogP contribution >= 0.6 is 12.0 Å². The van der Waals surface area contributed by atoms with Crippen LogP contribution in [0.5, 0.6) is 11.5 Å². The minimum atomic E-state index is -5.17. The molecule has 0 radical (unpaired) electrons. The first-order chi connectivity index (χ1) is 22.3. The fourth-order valence-corrected chi connectivity index (χ4v) is 6.23. The molecule has 20 nitrogen and oxygen atoms in total. The van der Waals surface area contributed by atoms with Crippen molar-refractivity contribution in [3.8, 4) is 11.5 Å². The molecule has 0 saturated heterocycles. The van der Waals surface area contributed by atoms with Crippen LogP contribution in [0.25, 0.3) is 10.8 Å². The Morgan fingerprint density at radius 3 is 1.92 bits per heavy atom. The molecular formula is C24H19N5O15S4. The first-order valence-electron chi connectivity index (χ1n) is 12.3. The van der Waals surface area contributed by atoms with E-state index in [1.165, 1.54) is 6.07 Å². The third-order valence-corrected chi connectivity index (χ3v) is 9.14. The van der Waals surface area contributed by atoms with Gasteiger partial charge in [-0.2, -0.15) is 30.4 Å². The molecule has 24 heteroatoms. The molecule has 1 amide bonds. The number of anilines is 1. The highest BCUT2D eigenvalue weighted by Crippen LogP contribution is 2.51. The van der Waals surface area contributed by atoms with Gasteiger partial charge in [-0.1, -0.05) is 5.04 Å². The molecule has 0 heterocycles. The van der Waals surface area contributed by atoms with Crippen molar-refractivity contribution in [2.75, 3.05) is 5.32 Å². The van der Waals surface area contributed by atoms with Crippen LogP contribution < -0.4 is 5.32 Å². The number of carbonyl (C=O) groups excluding carboxylic acids is 1. The number of carbonyl (C=O) groups is 1. The van der Waals surface area contributed by atoms with E-state index in [0.717, 1.165) is 55.5 Å². The van der Waals surface area contributed by atoms with Gasteiger partial charge in [-0.15, -0.1) is 19.7 Å². The summed E-state index contributed by atoms with van der Waals surface area (Å²) in [4.78, 5) is 8.72. The number of phenols is 2. The molecule has 0 aliphatic rings. The Morgan fingerprint density at radius 2 is 1.35 bits per heavy atom. The van der Waals surface area contributed by atoms with E-state index in [9.17, 15) is 49.4 Å². The van der Waals surface area contributed by atoms with Gasteiger partial charge < -0.3 is 15.5 Å². The van der Waals surface area contributed by atoms with E-state index in [4.69, 9.17) is 9.81 Å². The normalized spacial score (nSPS) is 12.7. The second-order valence-corrected chi connectivity index (χ2v) is 14.1. The number of nitrogens with zero attached hydrogens (tertiary/aromatic N) is 4. The molecule has 4 aromatic carbocycles. The van der Waals surface area contributed by atoms with Gasteiger partial charge in [0.05, 0.1) is 32.9 Å². The van der Waals surface area contributed by atoms with E-state index in [-0.39, 0.29) is 33.7 Å². The maximum absolute atomic E-state index is 12.3. The number of azo groups is 2. The number of aromatic hydroxyl groups is 2. The first kappa shape index (κ1) is 36.2. The number of nitrogens with one attached hydrogen (secondary N) is 1. The lowest BCUT2D eigenvalue weighted by Crippen LogP contribution is -2.07. The average Bonchev–Trinajstić information content (AvgIpc) is 2.97. The standard InChI is InChI=1S/C24H19N5O15S4/c1-11(30)25-14-4-7-16(18(10-14)47(37,38)39)27-28-21-17(45-44-43-33)8-12-9-19(48(40,41)42)22(24(32)20(12)23(21)31)29-26-13-2-5-15(6-3-13)46(34,35)36/h2-10,31-33H,1H3,(H,25,30)(H,34,35,36)(H,37,38,39)(H,40,41,42). The van der Waals surface area contributed by atoms with Crippen LogP contribution in [0, 0.1) is 0 Å². The molecule has 48 heavy (non-hydrogen) atoms. The smallest absolute Gasteiger partial charge is 0.296 e. The van der Waals surface area contributed by atoms with Gasteiger partial charge in [-0.05, 0) is 60.0 Å². The van der Waals surface area contributed by atoms with Crippen molar-refractivity contribution >= 4 is 87.5 Å². The van der Waals surface area contributed by atoms with Crippen molar-refractivity contribution in [3.63, 3.8) is 0 Å². The van der Waals surface area contributed by atoms with E-state index < -0.39 is 84.9 Å². The molecule has 0 aromatic heterocycles. The average molecular weight is 746 g/mol. The molecule has 4 rings (SSSR count). The predicted molar refractivity (Wildman–Crippen MR) is 163 cm³/mol. The molecule has 7 N–H and O–H groups in total. The Bertz CT molecular complexity index is 2330. The topological polar surface area (TPSA) is 321 Å². The molecule has 0 aliphatic carbocycles. The molecule has 0 bridgehead atoms. The van der Waals surface area contributed by atoms with Gasteiger partial charge in [0.2, 0.25) is 5.91 Å². The summed E-state index contributed by atoms with van der Waals surface area (Å²) < 4.78 is 104. The maximum atomic E-state index is 12.3. The Morgan fingerprint density at radius 1 is 0.750 bits per heavy atom. The van der Waals surface area contributed by atoms with Gasteiger partial charge >= 0.3 is 0 Å². The molecule has 0 fully saturated rings. The van der Waals surface area contributed by atoms with E-state index in [2.05, 4.69) is 35.1 Å². The largest absolute Gasteiger partial charge is 0.505 e. The van der Waals surface area contributed by atoms with E-state index in [1.807, 2.05) is 0 Å². The van der Waals surface area contributed by atoms with Crippen LogP contribution in [-0.4, -0.2) is 60.3 Å². The maximum Gasteiger partial charge on any atom is 0.296 e. The third-order valence-electron chi connectivity index (χ3n) is 5.90. The van der Waals surface area contributed by atoms with Gasteiger partial charge in [0.25, 0.3) is 30.4 Å². The van der Waals surface area contributed by atoms with Gasteiger partial charge in [0.15, 0.2) is 11.5 Å². The van der Waals surface area contributed by atoms with Crippen molar-refractivity contribution in [2.45, 2.75) is 26.5 Å². The fourth-order valence-electron chi connectivity index (χ4n) is 3.95. The zero-order valence-electron chi connectivity index (χ0n) is 23.5. The number of benzene rings is 4. The molecule has 0 spiro atoms. The lowest BCUT2D eigenvalue weighted by atomic mass is 10.1. The van der Waals surface area contributed by atoms with Gasteiger partial charge in [-0.3, -0.25) is 18.5 Å². The number of rotatable bonds is 11. The van der Waals surface area contributed by atoms with Crippen molar-refractivity contribution in [1.82, 2.24) is 0 Å². The van der Waals surface area contributed by atoms with Gasteiger partial charge in [-0.25, -0.2) is 5.26 Å². The summed E-state index contributed by atoms with van der Waals surface area (Å²) in [7, 11) is -14.7. The van der Waals surface area contributed by atoms with Gasteiger partial charge in [0, 0.05) is 12.6 Å². The highest BCUT2D eigenvalue weighted by Gasteiger charge is 2.27. The summed E-state index contributed by atoms with van der Waals surface area (Å²) in [6.45, 7) is 1.14. The zero-order valence-corrected chi connectivity index (χ0v) is 26.7. The number of hydrogen-bond acceptors (Lipinski definition) is 17. The van der Waals surface area contributed by atoms with Crippen LogP contribution in [0.2, 0.25) is 0 Å². The molecule has 0 aliphatic heterocycles.